The predicted octanol–water partition coefficient (Wildman–Crippen LogP) is 7.76. The summed E-state index contributed by atoms with van der Waals surface area (Å²) in [5.41, 5.74) is 5.55. The molecule has 0 N–H and O–H groups in total. The van der Waals surface area contributed by atoms with E-state index in [9.17, 15) is 9.59 Å². The van der Waals surface area contributed by atoms with Gasteiger partial charge in [-0.1, -0.05) is 0 Å². The van der Waals surface area contributed by atoms with Crippen LogP contribution in [0.4, 0.5) is 0 Å². The molecular formula is C46H50N6O6S2. The molecule has 2 fully saturated rings. The Kier molecular flexibility index (Phi) is 13.8. The van der Waals surface area contributed by atoms with Gasteiger partial charge in [0.15, 0.2) is 10.0 Å². The van der Waals surface area contributed by atoms with Gasteiger partial charge in [-0.05, 0) is 122 Å². The van der Waals surface area contributed by atoms with E-state index in [-0.39, 0.29) is 11.8 Å². The Morgan fingerprint density at radius 3 is 0.967 bits per heavy atom. The fraction of sp³-hybridized carbons (Fsp3) is 0.304. The van der Waals surface area contributed by atoms with Crippen molar-refractivity contribution in [1.29, 1.82) is 0 Å². The van der Waals surface area contributed by atoms with E-state index >= 15 is 0 Å². The zero-order chi connectivity index (χ0) is 42.2. The number of benzene rings is 4. The molecule has 4 heterocycles. The fourth-order valence-corrected chi connectivity index (χ4v) is 9.00. The lowest BCUT2D eigenvalue weighted by atomic mass is 10.1. The number of aromatic nitrogens is 2. The summed E-state index contributed by atoms with van der Waals surface area (Å²) in [6.45, 7) is 6.44. The molecule has 2 amide bonds. The molecule has 0 radical (unpaired) electrons. The molecule has 0 saturated carbocycles. The summed E-state index contributed by atoms with van der Waals surface area (Å²) in [5.74, 6) is 3.17. The van der Waals surface area contributed by atoms with Crippen LogP contribution in [0.25, 0.3) is 43.4 Å². The van der Waals surface area contributed by atoms with E-state index in [4.69, 9.17) is 28.9 Å². The van der Waals surface area contributed by atoms with Crippen LogP contribution in [0.5, 0.6) is 23.0 Å². The van der Waals surface area contributed by atoms with Crippen LogP contribution in [-0.4, -0.2) is 136 Å². The van der Waals surface area contributed by atoms with E-state index in [2.05, 4.69) is 23.9 Å². The Morgan fingerprint density at radius 2 is 0.700 bits per heavy atom. The van der Waals surface area contributed by atoms with Crippen molar-refractivity contribution in [3.63, 3.8) is 0 Å². The zero-order valence-corrected chi connectivity index (χ0v) is 36.5. The van der Waals surface area contributed by atoms with Gasteiger partial charge in [0.2, 0.25) is 0 Å². The minimum absolute atomic E-state index is 0.00243. The highest BCUT2D eigenvalue weighted by Gasteiger charge is 2.27. The number of piperazine rings is 2. The molecule has 0 bridgehead atoms. The van der Waals surface area contributed by atoms with Gasteiger partial charge < -0.3 is 38.5 Å². The van der Waals surface area contributed by atoms with Crippen LogP contribution in [0.1, 0.15) is 19.6 Å². The van der Waals surface area contributed by atoms with Crippen molar-refractivity contribution in [2.24, 2.45) is 0 Å². The number of carbonyl (C=O) groups is 2. The van der Waals surface area contributed by atoms with E-state index in [1.54, 1.807) is 28.4 Å². The van der Waals surface area contributed by atoms with E-state index in [1.807, 2.05) is 107 Å². The first kappa shape index (κ1) is 42.3. The van der Waals surface area contributed by atoms with Crippen molar-refractivity contribution in [2.75, 3.05) is 94.9 Å². The molecule has 6 aromatic rings. The third kappa shape index (κ3) is 9.79. The number of thiazole rings is 2. The summed E-state index contributed by atoms with van der Waals surface area (Å²) in [6.07, 6.45) is 0. The van der Waals surface area contributed by atoms with Crippen LogP contribution in [0.3, 0.4) is 0 Å². The number of hydrogen-bond acceptors (Lipinski definition) is 12. The molecule has 2 aromatic heterocycles. The van der Waals surface area contributed by atoms with Crippen LogP contribution in [0.15, 0.2) is 97.1 Å². The molecular weight excluding hydrogens is 797 g/mol. The minimum Gasteiger partial charge on any atom is -0.497 e. The topological polar surface area (TPSA) is 110 Å². The Balaban J connectivity index is 0.000000181. The monoisotopic (exact) mass is 846 g/mol. The quantitative estimate of drug-likeness (QED) is 0.136. The van der Waals surface area contributed by atoms with Crippen LogP contribution < -0.4 is 18.9 Å². The van der Waals surface area contributed by atoms with Gasteiger partial charge in [-0.25, -0.2) is 9.97 Å². The van der Waals surface area contributed by atoms with Crippen molar-refractivity contribution in [2.45, 2.75) is 0 Å². The second kappa shape index (κ2) is 19.5. The fourth-order valence-electron chi connectivity index (χ4n) is 6.88. The molecule has 312 valence electrons. The summed E-state index contributed by atoms with van der Waals surface area (Å²) in [6, 6.07) is 31.3. The van der Waals surface area contributed by atoms with Crippen molar-refractivity contribution in [3.05, 3.63) is 107 Å². The average molecular weight is 847 g/mol. The standard InChI is InChI=1S/2C23H25N3O3S/c2*1-25-12-14-26(15-13-25)23(27)22-24-20(16-4-8-18(28-2)9-5-16)21(30-22)17-6-10-19(29-3)11-7-17/h2*4-11H,12-15H2,1-3H3. The summed E-state index contributed by atoms with van der Waals surface area (Å²) in [4.78, 5) is 46.1. The maximum atomic E-state index is 13.2. The molecule has 2 aliphatic heterocycles. The number of carbonyl (C=O) groups excluding carboxylic acids is 2. The number of amides is 2. The highest BCUT2D eigenvalue weighted by atomic mass is 32.1. The predicted molar refractivity (Wildman–Crippen MR) is 239 cm³/mol. The van der Waals surface area contributed by atoms with Gasteiger partial charge in [-0.15, -0.1) is 22.7 Å². The van der Waals surface area contributed by atoms with Crippen LogP contribution >= 0.6 is 22.7 Å². The van der Waals surface area contributed by atoms with Crippen molar-refractivity contribution < 1.29 is 28.5 Å². The van der Waals surface area contributed by atoms with Gasteiger partial charge in [-0.3, -0.25) is 9.59 Å². The molecule has 2 saturated heterocycles. The summed E-state index contributed by atoms with van der Waals surface area (Å²) >= 11 is 2.89. The van der Waals surface area contributed by atoms with Gasteiger partial charge in [0.25, 0.3) is 11.8 Å². The molecule has 8 rings (SSSR count). The molecule has 12 nitrogen and oxygen atoms in total. The lowest BCUT2D eigenvalue weighted by Crippen LogP contribution is -2.47. The number of rotatable bonds is 10. The Morgan fingerprint density at radius 1 is 0.433 bits per heavy atom. The first-order valence-electron chi connectivity index (χ1n) is 19.7. The molecule has 0 atom stereocenters. The molecule has 0 spiro atoms. The third-order valence-corrected chi connectivity index (χ3v) is 12.8. The SMILES string of the molecule is COc1ccc(-c2nc(C(=O)N3CCN(C)CC3)sc2-c2ccc(OC)cc2)cc1.COc1ccc(-c2nc(C(=O)N3CCN(C)CC3)sc2-c2ccc(OC)cc2)cc1. The number of methoxy groups -OCH3 is 4. The van der Waals surface area contributed by atoms with E-state index in [1.165, 1.54) is 22.7 Å². The highest BCUT2D eigenvalue weighted by Crippen LogP contribution is 2.40. The van der Waals surface area contributed by atoms with Gasteiger partial charge >= 0.3 is 0 Å². The first-order chi connectivity index (χ1) is 29.2. The largest absolute Gasteiger partial charge is 0.497 e. The molecule has 2 aliphatic rings. The lowest BCUT2D eigenvalue weighted by Gasteiger charge is -2.31. The van der Waals surface area contributed by atoms with E-state index in [0.29, 0.717) is 10.0 Å². The zero-order valence-electron chi connectivity index (χ0n) is 34.8. The Labute approximate surface area is 359 Å². The maximum absolute atomic E-state index is 13.2. The van der Waals surface area contributed by atoms with E-state index < -0.39 is 0 Å². The highest BCUT2D eigenvalue weighted by molar-refractivity contribution is 7.18. The number of likely N-dealkylation sites (N-methyl/N-ethyl adjacent to an activating group) is 2. The van der Waals surface area contributed by atoms with Crippen molar-refractivity contribution in [1.82, 2.24) is 29.6 Å². The summed E-state index contributed by atoms with van der Waals surface area (Å²) < 4.78 is 21.1. The van der Waals surface area contributed by atoms with Crippen molar-refractivity contribution >= 4 is 34.5 Å². The smallest absolute Gasteiger partial charge is 0.282 e. The summed E-state index contributed by atoms with van der Waals surface area (Å²) in [7, 11) is 10.7. The van der Waals surface area contributed by atoms with Gasteiger partial charge in [-0.2, -0.15) is 0 Å². The third-order valence-electron chi connectivity index (χ3n) is 10.6. The molecule has 14 heteroatoms. The van der Waals surface area contributed by atoms with Gasteiger partial charge in [0.05, 0.1) is 49.6 Å². The Bertz CT molecular complexity index is 2050. The maximum Gasteiger partial charge on any atom is 0.282 e. The number of ether oxygens (including phenoxy) is 4. The second-order valence-electron chi connectivity index (χ2n) is 14.5. The molecule has 0 aliphatic carbocycles. The molecule has 0 unspecified atom stereocenters. The Hall–Kier alpha value is -5.80. The van der Waals surface area contributed by atoms with E-state index in [0.717, 1.165) is 119 Å². The molecule has 4 aromatic carbocycles. The summed E-state index contributed by atoms with van der Waals surface area (Å²) in [5, 5.41) is 1.05. The normalized spacial score (nSPS) is 14.6. The van der Waals surface area contributed by atoms with Gasteiger partial charge in [0, 0.05) is 63.5 Å². The average Bonchev–Trinajstić information content (AvgIpc) is 3.96. The van der Waals surface area contributed by atoms with Crippen molar-refractivity contribution in [3.8, 4) is 66.4 Å². The van der Waals surface area contributed by atoms with Gasteiger partial charge in [0.1, 0.15) is 23.0 Å². The number of hydrogen-bond donors (Lipinski definition) is 0. The molecule has 60 heavy (non-hydrogen) atoms. The minimum atomic E-state index is 0.00243. The van der Waals surface area contributed by atoms with Crippen LogP contribution in [0, 0.1) is 0 Å². The number of nitrogens with zero attached hydrogens (tertiary/aromatic N) is 6. The first-order valence-corrected chi connectivity index (χ1v) is 21.4. The second-order valence-corrected chi connectivity index (χ2v) is 16.5. The van der Waals surface area contributed by atoms with Crippen LogP contribution in [0.2, 0.25) is 0 Å². The lowest BCUT2D eigenvalue weighted by molar-refractivity contribution is 0.0657. The van der Waals surface area contributed by atoms with Crippen LogP contribution in [-0.2, 0) is 0 Å².